The Morgan fingerprint density at radius 2 is 1.95 bits per heavy atom. The molecule has 1 heterocycles. The molecule has 3 aromatic rings. The lowest BCUT2D eigenvalue weighted by molar-refractivity contribution is 0.0697. The molecule has 0 fully saturated rings. The van der Waals surface area contributed by atoms with Crippen molar-refractivity contribution in [2.45, 2.75) is 0 Å². The van der Waals surface area contributed by atoms with Crippen molar-refractivity contribution in [2.75, 3.05) is 0 Å². The van der Waals surface area contributed by atoms with E-state index in [2.05, 4.69) is 20.9 Å². The maximum Gasteiger partial charge on any atom is 0.336 e. The van der Waals surface area contributed by atoms with Crippen LogP contribution in [0.25, 0.3) is 22.6 Å². The number of para-hydroxylation sites is 1. The molecule has 0 unspecified atom stereocenters. The smallest absolute Gasteiger partial charge is 0.336 e. The number of hydrogen-bond donors (Lipinski definition) is 1. The summed E-state index contributed by atoms with van der Waals surface area (Å²) in [7, 11) is 0. The Balaban J connectivity index is 2.25. The molecule has 1 N–H and O–H groups in total. The number of carbonyl (C=O) groups is 1. The lowest BCUT2D eigenvalue weighted by atomic mass is 10.1. The molecule has 0 atom stereocenters. The van der Waals surface area contributed by atoms with Crippen LogP contribution in [0.15, 0.2) is 51.4 Å². The van der Waals surface area contributed by atoms with Crippen molar-refractivity contribution in [2.24, 2.45) is 0 Å². The lowest BCUT2D eigenvalue weighted by Crippen LogP contribution is -1.98. The molecule has 5 heteroatoms. The van der Waals surface area contributed by atoms with Gasteiger partial charge in [0.1, 0.15) is 5.52 Å². The van der Waals surface area contributed by atoms with Gasteiger partial charge >= 0.3 is 5.97 Å². The van der Waals surface area contributed by atoms with E-state index < -0.39 is 5.97 Å². The molecule has 4 nitrogen and oxygen atoms in total. The third kappa shape index (κ3) is 2.02. The fraction of sp³-hybridized carbons (Fsp3) is 0. The van der Waals surface area contributed by atoms with Crippen molar-refractivity contribution < 1.29 is 14.3 Å². The van der Waals surface area contributed by atoms with Crippen LogP contribution < -0.4 is 0 Å². The van der Waals surface area contributed by atoms with Crippen molar-refractivity contribution >= 4 is 33.0 Å². The first-order chi connectivity index (χ1) is 9.16. The Hall–Kier alpha value is -2.14. The topological polar surface area (TPSA) is 63.3 Å². The summed E-state index contributed by atoms with van der Waals surface area (Å²) in [6, 6.07) is 12.2. The predicted octanol–water partition coefficient (Wildman–Crippen LogP) is 3.96. The van der Waals surface area contributed by atoms with E-state index >= 15 is 0 Å². The van der Waals surface area contributed by atoms with Gasteiger partial charge < -0.3 is 9.52 Å². The van der Waals surface area contributed by atoms with E-state index in [1.807, 2.05) is 18.2 Å². The highest BCUT2D eigenvalue weighted by Crippen LogP contribution is 2.30. The zero-order valence-electron chi connectivity index (χ0n) is 9.63. The second kappa shape index (κ2) is 4.51. The number of aromatic nitrogens is 1. The monoisotopic (exact) mass is 317 g/mol. The molecular formula is C14H8BrNO3. The van der Waals surface area contributed by atoms with Crippen LogP contribution in [0.3, 0.4) is 0 Å². The van der Waals surface area contributed by atoms with E-state index in [4.69, 9.17) is 4.42 Å². The van der Waals surface area contributed by atoms with Crippen LogP contribution in [-0.2, 0) is 0 Å². The highest BCUT2D eigenvalue weighted by atomic mass is 79.9. The minimum Gasteiger partial charge on any atom is -0.478 e. The van der Waals surface area contributed by atoms with Crippen LogP contribution in [0.2, 0.25) is 0 Å². The summed E-state index contributed by atoms with van der Waals surface area (Å²) in [6.45, 7) is 0. The first kappa shape index (κ1) is 11.9. The molecule has 0 spiro atoms. The Kier molecular flexibility index (Phi) is 2.83. The number of halogens is 1. The van der Waals surface area contributed by atoms with Crippen molar-refractivity contribution in [1.29, 1.82) is 0 Å². The van der Waals surface area contributed by atoms with E-state index in [1.165, 1.54) is 6.07 Å². The Labute approximate surface area is 116 Å². The number of fused-ring (bicyclic) bond motifs is 1. The standard InChI is InChI=1S/C14H8BrNO3/c15-10-6-3-7-11-12(10)19-13(16-11)8-4-1-2-5-9(8)14(17)18/h1-7H,(H,17,18). The Morgan fingerprint density at radius 1 is 1.16 bits per heavy atom. The normalized spacial score (nSPS) is 10.8. The maximum atomic E-state index is 11.2. The van der Waals surface area contributed by atoms with Gasteiger partial charge in [-0.1, -0.05) is 18.2 Å². The fourth-order valence-corrected chi connectivity index (χ4v) is 2.32. The quantitative estimate of drug-likeness (QED) is 0.777. The molecule has 0 bridgehead atoms. The number of carboxylic acids is 1. The van der Waals surface area contributed by atoms with Gasteiger partial charge in [-0.3, -0.25) is 0 Å². The van der Waals surface area contributed by atoms with Crippen LogP contribution >= 0.6 is 15.9 Å². The number of oxazole rings is 1. The van der Waals surface area contributed by atoms with Gasteiger partial charge in [0.25, 0.3) is 0 Å². The van der Waals surface area contributed by atoms with E-state index in [0.717, 1.165) is 4.47 Å². The third-order valence-electron chi connectivity index (χ3n) is 2.75. The van der Waals surface area contributed by atoms with Crippen LogP contribution in [0.5, 0.6) is 0 Å². The summed E-state index contributed by atoms with van der Waals surface area (Å²) in [5.74, 6) is -0.697. The summed E-state index contributed by atoms with van der Waals surface area (Å²) < 4.78 is 6.44. The summed E-state index contributed by atoms with van der Waals surface area (Å²) in [4.78, 5) is 15.5. The lowest BCUT2D eigenvalue weighted by Gasteiger charge is -2.00. The van der Waals surface area contributed by atoms with E-state index in [9.17, 15) is 9.90 Å². The van der Waals surface area contributed by atoms with Crippen molar-refractivity contribution in [1.82, 2.24) is 4.98 Å². The molecule has 3 rings (SSSR count). The van der Waals surface area contributed by atoms with E-state index in [0.29, 0.717) is 22.6 Å². The average Bonchev–Trinajstić information content (AvgIpc) is 2.84. The first-order valence-corrected chi connectivity index (χ1v) is 6.34. The number of carboxylic acid groups (broad SMARTS) is 1. The second-order valence-electron chi connectivity index (χ2n) is 3.96. The molecule has 0 saturated heterocycles. The SMILES string of the molecule is O=C(O)c1ccccc1-c1nc2cccc(Br)c2o1. The summed E-state index contributed by atoms with van der Waals surface area (Å²) in [6.07, 6.45) is 0. The maximum absolute atomic E-state index is 11.2. The van der Waals surface area contributed by atoms with Gasteiger partial charge in [-0.15, -0.1) is 0 Å². The molecule has 0 amide bonds. The molecule has 2 aromatic carbocycles. The third-order valence-corrected chi connectivity index (χ3v) is 3.38. The minimum atomic E-state index is -1.00. The predicted molar refractivity (Wildman–Crippen MR) is 74.1 cm³/mol. The number of rotatable bonds is 2. The van der Waals surface area contributed by atoms with Crippen LogP contribution in [0.4, 0.5) is 0 Å². The molecule has 0 radical (unpaired) electrons. The molecule has 0 aliphatic carbocycles. The van der Waals surface area contributed by atoms with Gasteiger partial charge in [-0.2, -0.15) is 0 Å². The van der Waals surface area contributed by atoms with Gasteiger partial charge in [0.2, 0.25) is 5.89 Å². The van der Waals surface area contributed by atoms with Gasteiger partial charge in [0, 0.05) is 0 Å². The molecule has 19 heavy (non-hydrogen) atoms. The van der Waals surface area contributed by atoms with E-state index in [-0.39, 0.29) is 5.56 Å². The molecule has 0 aliphatic rings. The summed E-state index contributed by atoms with van der Waals surface area (Å²) >= 11 is 3.38. The zero-order chi connectivity index (χ0) is 13.4. The number of benzene rings is 2. The Bertz CT molecular complexity index is 779. The molecule has 94 valence electrons. The average molecular weight is 318 g/mol. The van der Waals surface area contributed by atoms with Gasteiger partial charge in [0.05, 0.1) is 15.6 Å². The van der Waals surface area contributed by atoms with Gasteiger partial charge in [-0.25, -0.2) is 9.78 Å². The van der Waals surface area contributed by atoms with Gasteiger partial charge in [0.15, 0.2) is 5.58 Å². The second-order valence-corrected chi connectivity index (χ2v) is 4.81. The van der Waals surface area contributed by atoms with Gasteiger partial charge in [-0.05, 0) is 40.2 Å². The largest absolute Gasteiger partial charge is 0.478 e. The van der Waals surface area contributed by atoms with Crippen LogP contribution in [0, 0.1) is 0 Å². The highest BCUT2D eigenvalue weighted by molar-refractivity contribution is 9.10. The molecule has 0 saturated carbocycles. The zero-order valence-corrected chi connectivity index (χ0v) is 11.2. The summed E-state index contributed by atoms with van der Waals surface area (Å²) in [5.41, 5.74) is 1.94. The van der Waals surface area contributed by atoms with Crippen LogP contribution in [-0.4, -0.2) is 16.1 Å². The minimum absolute atomic E-state index is 0.171. The molecule has 0 aliphatic heterocycles. The van der Waals surface area contributed by atoms with Crippen LogP contribution in [0.1, 0.15) is 10.4 Å². The van der Waals surface area contributed by atoms with Crippen molar-refractivity contribution in [3.63, 3.8) is 0 Å². The van der Waals surface area contributed by atoms with Crippen molar-refractivity contribution in [3.05, 3.63) is 52.5 Å². The molecule has 1 aromatic heterocycles. The highest BCUT2D eigenvalue weighted by Gasteiger charge is 2.16. The van der Waals surface area contributed by atoms with E-state index in [1.54, 1.807) is 18.2 Å². The van der Waals surface area contributed by atoms with Crippen molar-refractivity contribution in [3.8, 4) is 11.5 Å². The Morgan fingerprint density at radius 3 is 2.68 bits per heavy atom. The number of nitrogens with zero attached hydrogens (tertiary/aromatic N) is 1. The number of aromatic carboxylic acids is 1. The first-order valence-electron chi connectivity index (χ1n) is 5.54. The molecular weight excluding hydrogens is 310 g/mol. The fourth-order valence-electron chi connectivity index (χ4n) is 1.89. The summed E-state index contributed by atoms with van der Waals surface area (Å²) in [5, 5.41) is 9.18. The number of hydrogen-bond acceptors (Lipinski definition) is 3.